The van der Waals surface area contributed by atoms with Gasteiger partial charge in [-0.1, -0.05) is 105 Å². The lowest BCUT2D eigenvalue weighted by Gasteiger charge is -2.26. The van der Waals surface area contributed by atoms with E-state index in [9.17, 15) is 19.2 Å². The van der Waals surface area contributed by atoms with E-state index in [-0.39, 0.29) is 61.2 Å². The fourth-order valence-electron chi connectivity index (χ4n) is 6.95. The van der Waals surface area contributed by atoms with Crippen LogP contribution >= 0.6 is 0 Å². The van der Waals surface area contributed by atoms with E-state index in [4.69, 9.17) is 20.3 Å². The van der Waals surface area contributed by atoms with Crippen LogP contribution in [0.4, 0.5) is 0 Å². The standard InChI is InChI=1S/C23H36N2O3.C16H22O4.C7H16N2/c1-17(2)19-9-8-10-20(18(3)4)23(19)28-22(27)12-11-21(26)24-13-16-25-14-6-5-7-15-25;1-10(2)12-6-5-7-13(11(3)4)16(12)20-15(19)9-8-14(17)18;8-4-7-9-5-2-1-3-6-9/h8-10,17-18H,5-7,11-16H2,1-4H3,(H,24,26);5-7,10-11H,8-9H2,1-4H3,(H,17,18);1-8H2. The van der Waals surface area contributed by atoms with Gasteiger partial charge in [-0.2, -0.15) is 0 Å². The van der Waals surface area contributed by atoms with E-state index >= 15 is 0 Å². The van der Waals surface area contributed by atoms with E-state index in [0.29, 0.717) is 18.0 Å². The van der Waals surface area contributed by atoms with Gasteiger partial charge in [0.05, 0.1) is 19.3 Å². The van der Waals surface area contributed by atoms with Gasteiger partial charge in [-0.05, 0) is 97.8 Å². The number of carboxylic acid groups (broad SMARTS) is 1. The van der Waals surface area contributed by atoms with E-state index < -0.39 is 11.9 Å². The molecule has 11 nitrogen and oxygen atoms in total. The number of amides is 1. The number of nitrogens with zero attached hydrogens (tertiary/aromatic N) is 2. The Balaban J connectivity index is 0.000000334. The Hall–Kier alpha value is -3.80. The summed E-state index contributed by atoms with van der Waals surface area (Å²) in [4.78, 5) is 51.5. The van der Waals surface area contributed by atoms with Crippen molar-refractivity contribution in [3.05, 3.63) is 58.7 Å². The molecular weight excluding hydrogens is 721 g/mol. The summed E-state index contributed by atoms with van der Waals surface area (Å²) in [6.07, 6.45) is 7.91. The van der Waals surface area contributed by atoms with Gasteiger partial charge < -0.3 is 35.4 Å². The molecule has 2 aliphatic rings. The molecule has 2 heterocycles. The minimum Gasteiger partial charge on any atom is -0.481 e. The number of ether oxygens (including phenoxy) is 2. The van der Waals surface area contributed by atoms with Crippen molar-refractivity contribution in [2.24, 2.45) is 5.73 Å². The Labute approximate surface area is 343 Å². The van der Waals surface area contributed by atoms with Crippen molar-refractivity contribution < 1.29 is 33.8 Å². The molecule has 2 aromatic rings. The molecule has 4 N–H and O–H groups in total. The largest absolute Gasteiger partial charge is 0.481 e. The topological polar surface area (TPSA) is 152 Å². The number of benzene rings is 2. The van der Waals surface area contributed by atoms with E-state index in [1.165, 1.54) is 51.6 Å². The molecule has 57 heavy (non-hydrogen) atoms. The maximum absolute atomic E-state index is 12.4. The number of nitrogens with one attached hydrogen (secondary N) is 1. The van der Waals surface area contributed by atoms with Crippen LogP contribution in [0.5, 0.6) is 11.5 Å². The van der Waals surface area contributed by atoms with E-state index in [0.717, 1.165) is 55.0 Å². The van der Waals surface area contributed by atoms with Gasteiger partial charge in [0.25, 0.3) is 0 Å². The van der Waals surface area contributed by atoms with E-state index in [2.05, 4.69) is 42.8 Å². The number of carboxylic acids is 1. The molecule has 0 unspecified atom stereocenters. The Morgan fingerprint density at radius 3 is 1.32 bits per heavy atom. The third kappa shape index (κ3) is 19.0. The van der Waals surface area contributed by atoms with Gasteiger partial charge in [0.1, 0.15) is 11.5 Å². The molecule has 1 amide bonds. The van der Waals surface area contributed by atoms with Crippen molar-refractivity contribution in [2.75, 3.05) is 52.4 Å². The maximum Gasteiger partial charge on any atom is 0.311 e. The lowest BCUT2D eigenvalue weighted by Crippen LogP contribution is -2.37. The van der Waals surface area contributed by atoms with Gasteiger partial charge in [0.2, 0.25) is 5.91 Å². The molecule has 2 fully saturated rings. The molecular formula is C46H74N4O7. The molecule has 0 aliphatic carbocycles. The van der Waals surface area contributed by atoms with Gasteiger partial charge in [-0.3, -0.25) is 19.2 Å². The zero-order chi connectivity index (χ0) is 42.3. The molecule has 0 aromatic heterocycles. The molecule has 2 aliphatic heterocycles. The third-order valence-corrected chi connectivity index (χ3v) is 10.3. The molecule has 320 valence electrons. The second-order valence-corrected chi connectivity index (χ2v) is 16.4. The molecule has 0 radical (unpaired) electrons. The molecule has 2 saturated heterocycles. The van der Waals surface area contributed by atoms with Gasteiger partial charge in [0, 0.05) is 32.6 Å². The minimum atomic E-state index is -0.997. The van der Waals surface area contributed by atoms with Gasteiger partial charge in [-0.25, -0.2) is 0 Å². The molecule has 0 bridgehead atoms. The van der Waals surface area contributed by atoms with E-state index in [1.54, 1.807) is 0 Å². The lowest BCUT2D eigenvalue weighted by atomic mass is 9.94. The molecule has 11 heteroatoms. The van der Waals surface area contributed by atoms with Crippen LogP contribution in [0.3, 0.4) is 0 Å². The summed E-state index contributed by atoms with van der Waals surface area (Å²) in [7, 11) is 0. The van der Waals surface area contributed by atoms with Crippen molar-refractivity contribution >= 4 is 23.8 Å². The Kier molecular flexibility index (Phi) is 23.4. The normalized spacial score (nSPS) is 14.8. The quantitative estimate of drug-likeness (QED) is 0.105. The number of carbonyl (C=O) groups is 4. The molecule has 4 rings (SSSR count). The number of para-hydroxylation sites is 2. The average Bonchev–Trinajstić information content (AvgIpc) is 3.17. The first-order chi connectivity index (χ1) is 27.1. The number of piperidine rings is 2. The second-order valence-electron chi connectivity index (χ2n) is 16.4. The van der Waals surface area contributed by atoms with Gasteiger partial charge in [0.15, 0.2) is 0 Å². The van der Waals surface area contributed by atoms with Crippen molar-refractivity contribution in [1.82, 2.24) is 15.1 Å². The molecule has 0 spiro atoms. The maximum atomic E-state index is 12.4. The number of nitrogens with two attached hydrogens (primary N) is 1. The van der Waals surface area contributed by atoms with Gasteiger partial charge in [-0.15, -0.1) is 0 Å². The highest BCUT2D eigenvalue weighted by molar-refractivity contribution is 5.82. The third-order valence-electron chi connectivity index (χ3n) is 10.3. The van der Waals surface area contributed by atoms with Crippen LogP contribution < -0.4 is 20.5 Å². The zero-order valence-electron chi connectivity index (χ0n) is 36.4. The number of esters is 2. The highest BCUT2D eigenvalue weighted by Crippen LogP contribution is 2.36. The van der Waals surface area contributed by atoms with Crippen molar-refractivity contribution in [2.45, 2.75) is 143 Å². The predicted octanol–water partition coefficient (Wildman–Crippen LogP) is 8.36. The fraction of sp³-hybridized carbons (Fsp3) is 0.652. The van der Waals surface area contributed by atoms with Crippen LogP contribution in [-0.4, -0.2) is 91.1 Å². The smallest absolute Gasteiger partial charge is 0.311 e. The van der Waals surface area contributed by atoms with Crippen LogP contribution in [0.1, 0.15) is 166 Å². The number of aliphatic carboxylic acids is 1. The number of hydrogen-bond acceptors (Lipinski definition) is 9. The fourth-order valence-corrected chi connectivity index (χ4v) is 6.95. The minimum absolute atomic E-state index is 0.0878. The van der Waals surface area contributed by atoms with Crippen LogP contribution in [0, 0.1) is 0 Å². The lowest BCUT2D eigenvalue weighted by molar-refractivity contribution is -0.142. The molecule has 0 saturated carbocycles. The number of carbonyl (C=O) groups excluding carboxylic acids is 3. The first kappa shape index (κ1) is 49.3. The zero-order valence-corrected chi connectivity index (χ0v) is 36.4. The van der Waals surface area contributed by atoms with Crippen LogP contribution in [0.15, 0.2) is 36.4 Å². The van der Waals surface area contributed by atoms with Crippen molar-refractivity contribution in [3.63, 3.8) is 0 Å². The second kappa shape index (κ2) is 27.0. The summed E-state index contributed by atoms with van der Waals surface area (Å²) in [5, 5.41) is 11.5. The first-order valence-electron chi connectivity index (χ1n) is 21.4. The number of hydrogen-bond donors (Lipinski definition) is 3. The highest BCUT2D eigenvalue weighted by Gasteiger charge is 2.20. The van der Waals surface area contributed by atoms with Crippen molar-refractivity contribution in [3.8, 4) is 11.5 Å². The van der Waals surface area contributed by atoms with Crippen molar-refractivity contribution in [1.29, 1.82) is 0 Å². The molecule has 0 atom stereocenters. The monoisotopic (exact) mass is 795 g/mol. The highest BCUT2D eigenvalue weighted by atomic mass is 16.5. The summed E-state index contributed by atoms with van der Waals surface area (Å²) < 4.78 is 11.2. The van der Waals surface area contributed by atoms with Gasteiger partial charge >= 0.3 is 17.9 Å². The molecule has 2 aromatic carbocycles. The van der Waals surface area contributed by atoms with E-state index in [1.807, 2.05) is 64.1 Å². The summed E-state index contributed by atoms with van der Waals surface area (Å²) in [6.45, 7) is 24.7. The number of rotatable bonds is 17. The summed E-state index contributed by atoms with van der Waals surface area (Å²) in [5.74, 6) is 0.323. The Bertz CT molecular complexity index is 1460. The van der Waals surface area contributed by atoms with Crippen LogP contribution in [0.25, 0.3) is 0 Å². The average molecular weight is 795 g/mol. The summed E-state index contributed by atoms with van der Waals surface area (Å²) in [5.41, 5.74) is 9.43. The Morgan fingerprint density at radius 2 is 0.965 bits per heavy atom. The Morgan fingerprint density at radius 1 is 0.596 bits per heavy atom. The summed E-state index contributed by atoms with van der Waals surface area (Å²) >= 11 is 0. The summed E-state index contributed by atoms with van der Waals surface area (Å²) in [6, 6.07) is 11.9. The van der Waals surface area contributed by atoms with Crippen LogP contribution in [-0.2, 0) is 19.2 Å². The SMILES string of the molecule is CC(C)c1cccc(C(C)C)c1OC(=O)CCC(=O)NCCN1CCCCC1.CC(C)c1cccc(C(C)C)c1OC(=O)CCC(=O)O.NCCN1CCCCC1. The first-order valence-corrected chi connectivity index (χ1v) is 21.4. The number of likely N-dealkylation sites (tertiary alicyclic amines) is 2. The predicted molar refractivity (Wildman–Crippen MR) is 229 cm³/mol. The van der Waals surface area contributed by atoms with Crippen LogP contribution in [0.2, 0.25) is 0 Å².